The Balaban J connectivity index is 1.92. The third-order valence-electron chi connectivity index (χ3n) is 4.27. The van der Waals surface area contributed by atoms with Crippen LogP contribution in [0.25, 0.3) is 10.4 Å². The number of benzene rings is 1. The lowest BCUT2D eigenvalue weighted by molar-refractivity contribution is 0.0235. The Kier molecular flexibility index (Phi) is 4.84. The van der Waals surface area contributed by atoms with Gasteiger partial charge in [0.15, 0.2) is 0 Å². The van der Waals surface area contributed by atoms with Crippen LogP contribution in [-0.4, -0.2) is 28.1 Å². The first-order chi connectivity index (χ1) is 11.7. The second-order valence-corrected chi connectivity index (χ2v) is 8.33. The molecule has 1 amide bonds. The maximum Gasteiger partial charge on any atom is 0.410 e. The van der Waals surface area contributed by atoms with E-state index >= 15 is 0 Å². The highest BCUT2D eigenvalue weighted by Crippen LogP contribution is 2.33. The molecule has 0 saturated carbocycles. The molecular formula is C19H25N3O2S. The van der Waals surface area contributed by atoms with Gasteiger partial charge in [0, 0.05) is 19.1 Å². The van der Waals surface area contributed by atoms with E-state index in [0.29, 0.717) is 13.1 Å². The second-order valence-electron chi connectivity index (χ2n) is 7.48. The molecule has 25 heavy (non-hydrogen) atoms. The summed E-state index contributed by atoms with van der Waals surface area (Å²) in [6, 6.07) is 6.26. The maximum atomic E-state index is 12.5. The molecule has 0 fully saturated rings. The van der Waals surface area contributed by atoms with Crippen molar-refractivity contribution in [3.63, 3.8) is 0 Å². The molecular weight excluding hydrogens is 334 g/mol. The van der Waals surface area contributed by atoms with Crippen LogP contribution in [0.5, 0.6) is 0 Å². The number of thiazole rings is 1. The average molecular weight is 359 g/mol. The van der Waals surface area contributed by atoms with E-state index in [2.05, 4.69) is 23.2 Å². The summed E-state index contributed by atoms with van der Waals surface area (Å²) in [6.45, 7) is 8.77. The van der Waals surface area contributed by atoms with E-state index in [1.807, 2.05) is 33.2 Å². The van der Waals surface area contributed by atoms with Gasteiger partial charge in [-0.05, 0) is 56.9 Å². The third kappa shape index (κ3) is 4.02. The second kappa shape index (κ2) is 6.77. The van der Waals surface area contributed by atoms with Crippen LogP contribution in [0.3, 0.4) is 0 Å². The predicted molar refractivity (Wildman–Crippen MR) is 100 cm³/mol. The lowest BCUT2D eigenvalue weighted by atomic mass is 9.97. The predicted octanol–water partition coefficient (Wildman–Crippen LogP) is 4.26. The van der Waals surface area contributed by atoms with Crippen LogP contribution in [0.2, 0.25) is 0 Å². The van der Waals surface area contributed by atoms with Gasteiger partial charge >= 0.3 is 6.09 Å². The van der Waals surface area contributed by atoms with Crippen LogP contribution in [-0.2, 0) is 11.3 Å². The number of carbonyl (C=O) groups is 1. The molecule has 1 aromatic heterocycles. The van der Waals surface area contributed by atoms with E-state index in [1.54, 1.807) is 16.2 Å². The van der Waals surface area contributed by atoms with Gasteiger partial charge in [0.05, 0.1) is 16.1 Å². The smallest absolute Gasteiger partial charge is 0.410 e. The van der Waals surface area contributed by atoms with Crippen LogP contribution in [0, 0.1) is 6.92 Å². The fraction of sp³-hybridized carbons (Fsp3) is 0.474. The molecule has 2 heterocycles. The summed E-state index contributed by atoms with van der Waals surface area (Å²) in [6.07, 6.45) is 0.442. The third-order valence-corrected chi connectivity index (χ3v) is 5.25. The monoisotopic (exact) mass is 359 g/mol. The summed E-state index contributed by atoms with van der Waals surface area (Å²) in [5.74, 6) is 0. The molecule has 5 nitrogen and oxygen atoms in total. The molecule has 0 saturated heterocycles. The first kappa shape index (κ1) is 17.9. The molecule has 0 spiro atoms. The van der Waals surface area contributed by atoms with Crippen LogP contribution in [0.4, 0.5) is 4.79 Å². The quantitative estimate of drug-likeness (QED) is 0.826. The van der Waals surface area contributed by atoms with E-state index in [-0.39, 0.29) is 12.1 Å². The minimum atomic E-state index is -0.504. The highest BCUT2D eigenvalue weighted by atomic mass is 32.1. The summed E-state index contributed by atoms with van der Waals surface area (Å²) in [5.41, 5.74) is 12.0. The average Bonchev–Trinajstić information content (AvgIpc) is 2.87. The van der Waals surface area contributed by atoms with Crippen LogP contribution < -0.4 is 5.73 Å². The normalized spacial score (nSPS) is 17.8. The van der Waals surface area contributed by atoms with Gasteiger partial charge in [-0.2, -0.15) is 0 Å². The number of fused-ring (bicyclic) bond motifs is 1. The molecule has 3 rings (SSSR count). The van der Waals surface area contributed by atoms with Crippen molar-refractivity contribution in [2.75, 3.05) is 6.54 Å². The molecule has 1 aliphatic heterocycles. The molecule has 1 aromatic carbocycles. The van der Waals surface area contributed by atoms with Crippen molar-refractivity contribution in [2.45, 2.75) is 52.3 Å². The zero-order chi connectivity index (χ0) is 18.2. The minimum absolute atomic E-state index is 0.0703. The number of rotatable bonds is 1. The van der Waals surface area contributed by atoms with E-state index in [0.717, 1.165) is 33.7 Å². The number of aryl methyl sites for hydroxylation is 1. The van der Waals surface area contributed by atoms with Gasteiger partial charge in [0.1, 0.15) is 5.60 Å². The number of carbonyl (C=O) groups excluding carboxylic acids is 1. The summed E-state index contributed by atoms with van der Waals surface area (Å²) in [4.78, 5) is 19.7. The van der Waals surface area contributed by atoms with Crippen molar-refractivity contribution in [3.8, 4) is 10.4 Å². The summed E-state index contributed by atoms with van der Waals surface area (Å²) in [7, 11) is 0. The van der Waals surface area contributed by atoms with Crippen LogP contribution in [0.15, 0.2) is 23.7 Å². The molecule has 6 heteroatoms. The van der Waals surface area contributed by atoms with Crippen molar-refractivity contribution in [3.05, 3.63) is 40.5 Å². The molecule has 0 bridgehead atoms. The van der Waals surface area contributed by atoms with Crippen LogP contribution >= 0.6 is 11.3 Å². The highest BCUT2D eigenvalue weighted by Gasteiger charge is 2.27. The van der Waals surface area contributed by atoms with Gasteiger partial charge in [-0.25, -0.2) is 9.78 Å². The van der Waals surface area contributed by atoms with Crippen molar-refractivity contribution in [2.24, 2.45) is 5.73 Å². The van der Waals surface area contributed by atoms with Gasteiger partial charge in [-0.1, -0.05) is 12.1 Å². The van der Waals surface area contributed by atoms with E-state index in [1.165, 1.54) is 0 Å². The molecule has 2 aromatic rings. The molecule has 134 valence electrons. The minimum Gasteiger partial charge on any atom is -0.444 e. The van der Waals surface area contributed by atoms with Gasteiger partial charge in [-0.3, -0.25) is 0 Å². The van der Waals surface area contributed by atoms with Crippen LogP contribution in [0.1, 0.15) is 50.1 Å². The molecule has 0 radical (unpaired) electrons. The number of hydrogen-bond donors (Lipinski definition) is 1. The summed E-state index contributed by atoms with van der Waals surface area (Å²) >= 11 is 1.63. The Bertz CT molecular complexity index is 779. The lowest BCUT2D eigenvalue weighted by Gasteiger charge is -2.26. The maximum absolute atomic E-state index is 12.5. The van der Waals surface area contributed by atoms with E-state index in [4.69, 9.17) is 10.5 Å². The number of nitrogens with two attached hydrogens (primary N) is 1. The Hall–Kier alpha value is -1.92. The van der Waals surface area contributed by atoms with Gasteiger partial charge in [0.2, 0.25) is 0 Å². The fourth-order valence-electron chi connectivity index (χ4n) is 3.04. The van der Waals surface area contributed by atoms with Gasteiger partial charge < -0.3 is 15.4 Å². The first-order valence-corrected chi connectivity index (χ1v) is 9.39. The SMILES string of the molecule is Cc1ncsc1-c1ccc2c(c1)CN(C(=O)OC(C)(C)C)CCC2N. The summed E-state index contributed by atoms with van der Waals surface area (Å²) in [5, 5.41) is 0. The fourth-order valence-corrected chi connectivity index (χ4v) is 3.84. The zero-order valence-corrected chi connectivity index (χ0v) is 16.0. The van der Waals surface area contributed by atoms with Crippen molar-refractivity contribution >= 4 is 17.4 Å². The van der Waals surface area contributed by atoms with Gasteiger partial charge in [0.25, 0.3) is 0 Å². The highest BCUT2D eigenvalue weighted by molar-refractivity contribution is 7.13. The van der Waals surface area contributed by atoms with E-state index < -0.39 is 5.60 Å². The Morgan fingerprint density at radius 1 is 1.40 bits per heavy atom. The zero-order valence-electron chi connectivity index (χ0n) is 15.2. The molecule has 0 aliphatic carbocycles. The summed E-state index contributed by atoms with van der Waals surface area (Å²) < 4.78 is 5.54. The Morgan fingerprint density at radius 2 is 2.16 bits per heavy atom. The number of ether oxygens (including phenoxy) is 1. The first-order valence-electron chi connectivity index (χ1n) is 8.51. The molecule has 1 atom stereocenters. The lowest BCUT2D eigenvalue weighted by Crippen LogP contribution is -2.36. The number of hydrogen-bond acceptors (Lipinski definition) is 5. The molecule has 2 N–H and O–H groups in total. The van der Waals surface area contributed by atoms with Crippen molar-refractivity contribution in [1.29, 1.82) is 0 Å². The largest absolute Gasteiger partial charge is 0.444 e. The van der Waals surface area contributed by atoms with Gasteiger partial charge in [-0.15, -0.1) is 11.3 Å². The Morgan fingerprint density at radius 3 is 2.80 bits per heavy atom. The molecule has 1 unspecified atom stereocenters. The standard InChI is InChI=1S/C19H25N3O2S/c1-12-17(25-11-21-12)13-5-6-15-14(9-13)10-22(8-7-16(15)20)18(23)24-19(2,3)4/h5-6,9,11,16H,7-8,10,20H2,1-4H3. The van der Waals surface area contributed by atoms with E-state index in [9.17, 15) is 4.79 Å². The molecule has 1 aliphatic rings. The number of nitrogens with zero attached hydrogens (tertiary/aromatic N) is 2. The Labute approximate surface area is 152 Å². The number of amides is 1. The number of aromatic nitrogens is 1. The van der Waals surface area contributed by atoms with Crippen molar-refractivity contribution in [1.82, 2.24) is 9.88 Å². The van der Waals surface area contributed by atoms with Crippen molar-refractivity contribution < 1.29 is 9.53 Å². The topological polar surface area (TPSA) is 68.5 Å².